The number of benzene rings is 1. The van der Waals surface area contributed by atoms with E-state index in [1.807, 2.05) is 18.2 Å². The summed E-state index contributed by atoms with van der Waals surface area (Å²) < 4.78 is 10.8. The molecule has 1 aromatic rings. The van der Waals surface area contributed by atoms with Crippen molar-refractivity contribution in [2.45, 2.75) is 71.6 Å². The highest BCUT2D eigenvalue weighted by molar-refractivity contribution is 5.73. The molecule has 0 heterocycles. The van der Waals surface area contributed by atoms with Gasteiger partial charge in [0.1, 0.15) is 5.75 Å². The van der Waals surface area contributed by atoms with Gasteiger partial charge in [0.15, 0.2) is 0 Å². The lowest BCUT2D eigenvalue weighted by atomic mass is 9.71. The maximum absolute atomic E-state index is 12.9. The molecule has 1 saturated carbocycles. The average molecular weight is 447 g/mol. The van der Waals surface area contributed by atoms with Crippen LogP contribution in [0.1, 0.15) is 77.2 Å². The molecule has 0 bridgehead atoms. The second-order valence-corrected chi connectivity index (χ2v) is 9.61. The zero-order chi connectivity index (χ0) is 23.6. The van der Waals surface area contributed by atoms with Gasteiger partial charge in [0, 0.05) is 13.1 Å². The van der Waals surface area contributed by atoms with Gasteiger partial charge in [-0.25, -0.2) is 4.79 Å². The molecule has 1 aromatic carbocycles. The van der Waals surface area contributed by atoms with Gasteiger partial charge in [-0.05, 0) is 75.2 Å². The van der Waals surface area contributed by atoms with Gasteiger partial charge in [0.05, 0.1) is 13.0 Å². The van der Waals surface area contributed by atoms with E-state index in [9.17, 15) is 9.59 Å². The molecule has 1 amide bonds. The summed E-state index contributed by atoms with van der Waals surface area (Å²) in [5.41, 5.74) is 0.954. The SMILES string of the molecule is CCOC(=O)NCC1(CC(=O)Oc2cccc(C(CC)C(C)CN(C)C)c2)CCCCC1. The van der Waals surface area contributed by atoms with E-state index in [0.29, 0.717) is 37.2 Å². The van der Waals surface area contributed by atoms with E-state index in [1.165, 1.54) is 12.0 Å². The third-order valence-corrected chi connectivity index (χ3v) is 6.61. The van der Waals surface area contributed by atoms with Crippen molar-refractivity contribution in [3.8, 4) is 5.75 Å². The highest BCUT2D eigenvalue weighted by atomic mass is 16.5. The molecule has 32 heavy (non-hydrogen) atoms. The van der Waals surface area contributed by atoms with Crippen LogP contribution in [0.15, 0.2) is 24.3 Å². The van der Waals surface area contributed by atoms with E-state index in [-0.39, 0.29) is 11.4 Å². The van der Waals surface area contributed by atoms with E-state index < -0.39 is 6.09 Å². The maximum atomic E-state index is 12.9. The molecule has 1 fully saturated rings. The van der Waals surface area contributed by atoms with Gasteiger partial charge in [-0.15, -0.1) is 0 Å². The number of carbonyl (C=O) groups is 2. The summed E-state index contributed by atoms with van der Waals surface area (Å²) in [7, 11) is 4.19. The summed E-state index contributed by atoms with van der Waals surface area (Å²) in [6.07, 6.45) is 6.04. The molecule has 0 aromatic heterocycles. The fourth-order valence-corrected chi connectivity index (χ4v) is 5.11. The number of hydrogen-bond donors (Lipinski definition) is 1. The Labute approximate surface area is 194 Å². The topological polar surface area (TPSA) is 67.9 Å². The first-order valence-corrected chi connectivity index (χ1v) is 12.1. The molecule has 6 nitrogen and oxygen atoms in total. The predicted octanol–water partition coefficient (Wildman–Crippen LogP) is 5.37. The van der Waals surface area contributed by atoms with Crippen LogP contribution in [0.25, 0.3) is 0 Å². The van der Waals surface area contributed by atoms with Crippen LogP contribution in [0, 0.1) is 11.3 Å². The number of alkyl carbamates (subject to hydrolysis) is 1. The molecule has 1 aliphatic carbocycles. The summed E-state index contributed by atoms with van der Waals surface area (Å²) in [5, 5.41) is 2.85. The molecule has 2 rings (SSSR count). The Morgan fingerprint density at radius 1 is 1.16 bits per heavy atom. The van der Waals surface area contributed by atoms with Crippen molar-refractivity contribution in [1.29, 1.82) is 0 Å². The fraction of sp³-hybridized carbons (Fsp3) is 0.692. The second kappa shape index (κ2) is 12.8. The van der Waals surface area contributed by atoms with Crippen molar-refractivity contribution in [2.24, 2.45) is 11.3 Å². The predicted molar refractivity (Wildman–Crippen MR) is 128 cm³/mol. The normalized spacial score (nSPS) is 17.4. The molecule has 1 N–H and O–H groups in total. The number of carbonyl (C=O) groups excluding carboxylic acids is 2. The second-order valence-electron chi connectivity index (χ2n) is 9.61. The lowest BCUT2D eigenvalue weighted by Crippen LogP contribution is -2.41. The minimum atomic E-state index is -0.420. The van der Waals surface area contributed by atoms with Gasteiger partial charge < -0.3 is 19.7 Å². The summed E-state index contributed by atoms with van der Waals surface area (Å²) in [6, 6.07) is 7.98. The van der Waals surface area contributed by atoms with Gasteiger partial charge in [-0.2, -0.15) is 0 Å². The van der Waals surface area contributed by atoms with Crippen molar-refractivity contribution in [1.82, 2.24) is 10.2 Å². The van der Waals surface area contributed by atoms with Gasteiger partial charge >= 0.3 is 12.1 Å². The highest BCUT2D eigenvalue weighted by Gasteiger charge is 2.35. The summed E-state index contributed by atoms with van der Waals surface area (Å²) >= 11 is 0. The first-order chi connectivity index (χ1) is 15.3. The van der Waals surface area contributed by atoms with Crippen LogP contribution in [0.3, 0.4) is 0 Å². The Bertz CT molecular complexity index is 728. The van der Waals surface area contributed by atoms with E-state index in [4.69, 9.17) is 9.47 Å². The third-order valence-electron chi connectivity index (χ3n) is 6.61. The minimum absolute atomic E-state index is 0.232. The largest absolute Gasteiger partial charge is 0.450 e. The Balaban J connectivity index is 2.05. The molecule has 180 valence electrons. The van der Waals surface area contributed by atoms with Crippen molar-refractivity contribution in [3.63, 3.8) is 0 Å². The lowest BCUT2D eigenvalue weighted by molar-refractivity contribution is -0.137. The van der Waals surface area contributed by atoms with Crippen LogP contribution in [-0.2, 0) is 9.53 Å². The zero-order valence-corrected chi connectivity index (χ0v) is 20.6. The van der Waals surface area contributed by atoms with Crippen LogP contribution < -0.4 is 10.1 Å². The third kappa shape index (κ3) is 8.12. The molecule has 2 unspecified atom stereocenters. The van der Waals surface area contributed by atoms with Crippen LogP contribution in [0.4, 0.5) is 4.79 Å². The quantitative estimate of drug-likeness (QED) is 0.366. The molecular weight excluding hydrogens is 404 g/mol. The number of ether oxygens (including phenoxy) is 2. The summed E-state index contributed by atoms with van der Waals surface area (Å²) in [6.45, 7) is 8.06. The van der Waals surface area contributed by atoms with Crippen molar-refractivity contribution in [2.75, 3.05) is 33.8 Å². The van der Waals surface area contributed by atoms with Crippen LogP contribution in [0.5, 0.6) is 5.75 Å². The number of esters is 1. The van der Waals surface area contributed by atoms with Gasteiger partial charge in [-0.3, -0.25) is 4.79 Å². The van der Waals surface area contributed by atoms with E-state index in [1.54, 1.807) is 6.92 Å². The number of hydrogen-bond acceptors (Lipinski definition) is 5. The molecule has 6 heteroatoms. The number of nitrogens with zero attached hydrogens (tertiary/aromatic N) is 1. The van der Waals surface area contributed by atoms with Crippen molar-refractivity contribution < 1.29 is 19.1 Å². The Morgan fingerprint density at radius 3 is 2.50 bits per heavy atom. The first kappa shape index (κ1) is 26.2. The Morgan fingerprint density at radius 2 is 1.88 bits per heavy atom. The maximum Gasteiger partial charge on any atom is 0.407 e. The van der Waals surface area contributed by atoms with Gasteiger partial charge in [-0.1, -0.05) is 45.2 Å². The van der Waals surface area contributed by atoms with Crippen LogP contribution in [0.2, 0.25) is 0 Å². The molecule has 0 saturated heterocycles. The zero-order valence-electron chi connectivity index (χ0n) is 20.6. The molecular formula is C26H42N2O4. The molecule has 2 atom stereocenters. The highest BCUT2D eigenvalue weighted by Crippen LogP contribution is 2.39. The molecule has 0 aliphatic heterocycles. The Hall–Kier alpha value is -2.08. The van der Waals surface area contributed by atoms with Gasteiger partial charge in [0.2, 0.25) is 0 Å². The monoisotopic (exact) mass is 446 g/mol. The average Bonchev–Trinajstić information content (AvgIpc) is 2.73. The van der Waals surface area contributed by atoms with Gasteiger partial charge in [0.25, 0.3) is 0 Å². The smallest absolute Gasteiger partial charge is 0.407 e. The molecule has 1 aliphatic rings. The van der Waals surface area contributed by atoms with Crippen LogP contribution in [-0.4, -0.2) is 50.8 Å². The number of amides is 1. The van der Waals surface area contributed by atoms with Crippen molar-refractivity contribution >= 4 is 12.1 Å². The summed E-state index contributed by atoms with van der Waals surface area (Å²) in [5.74, 6) is 1.28. The first-order valence-electron chi connectivity index (χ1n) is 12.1. The summed E-state index contributed by atoms with van der Waals surface area (Å²) in [4.78, 5) is 26.9. The lowest BCUT2D eigenvalue weighted by Gasteiger charge is -2.36. The molecule has 0 radical (unpaired) electrons. The number of rotatable bonds is 11. The fourth-order valence-electron chi connectivity index (χ4n) is 5.11. The minimum Gasteiger partial charge on any atom is -0.450 e. The standard InChI is InChI=1S/C26H42N2O4/c1-6-23(20(3)18-28(4)5)21-12-11-13-22(16-21)32-24(29)17-26(14-9-8-10-15-26)19-27-25(30)31-7-2/h11-13,16,20,23H,6-10,14-15,17-19H2,1-5H3,(H,27,30). The van der Waals surface area contributed by atoms with E-state index in [0.717, 1.165) is 38.6 Å². The number of nitrogens with one attached hydrogen (secondary N) is 1. The van der Waals surface area contributed by atoms with E-state index in [2.05, 4.69) is 44.2 Å². The Kier molecular flexibility index (Phi) is 10.5. The van der Waals surface area contributed by atoms with E-state index >= 15 is 0 Å². The molecule has 0 spiro atoms. The van der Waals surface area contributed by atoms with Crippen LogP contribution >= 0.6 is 0 Å². The van der Waals surface area contributed by atoms with Crippen molar-refractivity contribution in [3.05, 3.63) is 29.8 Å².